The van der Waals surface area contributed by atoms with Crippen LogP contribution in [0.3, 0.4) is 0 Å². The van der Waals surface area contributed by atoms with Crippen LogP contribution in [-0.2, 0) is 6.18 Å². The lowest BCUT2D eigenvalue weighted by atomic mass is 10.00. The van der Waals surface area contributed by atoms with Crippen molar-refractivity contribution in [2.75, 3.05) is 0 Å². The molecule has 29 heavy (non-hydrogen) atoms. The van der Waals surface area contributed by atoms with Crippen LogP contribution in [0.25, 0.3) is 22.4 Å². The minimum Gasteiger partial charge on any atom is -0.505 e. The minimum atomic E-state index is -4.85. The van der Waals surface area contributed by atoms with Crippen LogP contribution >= 0.6 is 69.6 Å². The molecule has 0 aliphatic heterocycles. The van der Waals surface area contributed by atoms with Crippen molar-refractivity contribution in [3.63, 3.8) is 0 Å². The van der Waals surface area contributed by atoms with Gasteiger partial charge in [0, 0.05) is 26.7 Å². The van der Waals surface area contributed by atoms with E-state index < -0.39 is 23.3 Å². The number of hydrogen-bond acceptors (Lipinski definition) is 2. The molecule has 152 valence electrons. The van der Waals surface area contributed by atoms with Crippen LogP contribution < -0.4 is 0 Å². The molecule has 0 amide bonds. The van der Waals surface area contributed by atoms with Gasteiger partial charge in [0.1, 0.15) is 17.1 Å². The molecule has 0 radical (unpaired) electrons. The Hall–Kier alpha value is -1.08. The molecule has 0 aliphatic carbocycles. The molecule has 3 aromatic rings. The first-order valence-electron chi connectivity index (χ1n) is 7.51. The zero-order chi connectivity index (χ0) is 21.7. The fourth-order valence-corrected chi connectivity index (χ4v) is 4.63. The van der Waals surface area contributed by atoms with E-state index in [4.69, 9.17) is 69.6 Å². The van der Waals surface area contributed by atoms with Crippen molar-refractivity contribution in [3.05, 3.63) is 66.2 Å². The number of nitrogens with zero attached hydrogens (tertiary/aromatic N) is 1. The van der Waals surface area contributed by atoms with Gasteiger partial charge in [0.2, 0.25) is 0 Å². The van der Waals surface area contributed by atoms with Crippen LogP contribution in [0.15, 0.2) is 30.3 Å². The molecule has 0 saturated carbocycles. The number of pyridine rings is 1. The Labute approximate surface area is 192 Å². The number of aromatic nitrogens is 1. The molecule has 2 nitrogen and oxygen atoms in total. The van der Waals surface area contributed by atoms with E-state index in [2.05, 4.69) is 4.98 Å². The normalized spacial score (nSPS) is 11.8. The second-order valence-corrected chi connectivity index (χ2v) is 8.24. The molecule has 1 aromatic heterocycles. The van der Waals surface area contributed by atoms with Gasteiger partial charge >= 0.3 is 6.18 Å². The lowest BCUT2D eigenvalue weighted by molar-refractivity contribution is -0.141. The molecule has 0 bridgehead atoms. The average Bonchev–Trinajstić information content (AvgIpc) is 2.54. The van der Waals surface area contributed by atoms with Gasteiger partial charge in [-0.1, -0.05) is 69.6 Å². The number of halogens is 9. The molecule has 1 N–H and O–H groups in total. The number of hydrogen-bond donors (Lipinski definition) is 1. The standard InChI is InChI=1S/C18H6Cl6F3NO/c19-6-1-9(21)14(10(22)2-6)8-5-13(18(25,26)27)28-16(17(8)29)15-11(23)3-7(20)4-12(15)24/h1-5,29H. The lowest BCUT2D eigenvalue weighted by Crippen LogP contribution is -2.09. The Balaban J connectivity index is 2.44. The summed E-state index contributed by atoms with van der Waals surface area (Å²) in [6.07, 6.45) is -4.85. The molecule has 0 saturated heterocycles. The third-order valence-corrected chi connectivity index (χ3v) is 5.43. The maximum absolute atomic E-state index is 13.5. The monoisotopic (exact) mass is 519 g/mol. The van der Waals surface area contributed by atoms with Crippen LogP contribution in [0.4, 0.5) is 13.2 Å². The second-order valence-electron chi connectivity index (χ2n) is 5.74. The summed E-state index contributed by atoms with van der Waals surface area (Å²) in [6.45, 7) is 0. The van der Waals surface area contributed by atoms with E-state index in [9.17, 15) is 18.3 Å². The molecule has 0 fully saturated rings. The topological polar surface area (TPSA) is 33.1 Å². The van der Waals surface area contributed by atoms with E-state index in [0.717, 1.165) is 0 Å². The molecule has 0 atom stereocenters. The van der Waals surface area contributed by atoms with Crippen LogP contribution in [-0.4, -0.2) is 10.1 Å². The van der Waals surface area contributed by atoms with E-state index in [1.165, 1.54) is 24.3 Å². The van der Waals surface area contributed by atoms with Gasteiger partial charge in [0.25, 0.3) is 0 Å². The van der Waals surface area contributed by atoms with Gasteiger partial charge in [0.05, 0.1) is 20.1 Å². The quantitative estimate of drug-likeness (QED) is 0.365. The third-order valence-electron chi connectivity index (χ3n) is 3.80. The van der Waals surface area contributed by atoms with Crippen molar-refractivity contribution in [3.8, 4) is 28.1 Å². The minimum absolute atomic E-state index is 0.0643. The third kappa shape index (κ3) is 4.50. The van der Waals surface area contributed by atoms with E-state index in [1.54, 1.807) is 0 Å². The zero-order valence-electron chi connectivity index (χ0n) is 13.7. The highest BCUT2D eigenvalue weighted by Gasteiger charge is 2.36. The highest BCUT2D eigenvalue weighted by atomic mass is 35.5. The van der Waals surface area contributed by atoms with Gasteiger partial charge in [-0.25, -0.2) is 4.98 Å². The van der Waals surface area contributed by atoms with E-state index in [0.29, 0.717) is 6.07 Å². The lowest BCUT2D eigenvalue weighted by Gasteiger charge is -2.17. The van der Waals surface area contributed by atoms with Crippen LogP contribution in [0.5, 0.6) is 5.75 Å². The molecular formula is C18H6Cl6F3NO. The Bertz CT molecular complexity index is 1010. The summed E-state index contributed by atoms with van der Waals surface area (Å²) in [5, 5.41) is 10.7. The first-order valence-corrected chi connectivity index (χ1v) is 9.78. The van der Waals surface area contributed by atoms with Crippen LogP contribution in [0.1, 0.15) is 5.69 Å². The van der Waals surface area contributed by atoms with E-state index in [1.807, 2.05) is 0 Å². The Morgan fingerprint density at radius 3 is 1.52 bits per heavy atom. The molecule has 0 spiro atoms. The molecular weight excluding hydrogens is 516 g/mol. The van der Waals surface area contributed by atoms with Crippen molar-refractivity contribution in [2.24, 2.45) is 0 Å². The Morgan fingerprint density at radius 2 is 1.10 bits per heavy atom. The largest absolute Gasteiger partial charge is 0.505 e. The molecule has 0 aliphatic rings. The maximum Gasteiger partial charge on any atom is 0.433 e. The number of rotatable bonds is 2. The van der Waals surface area contributed by atoms with Crippen LogP contribution in [0, 0.1) is 0 Å². The fourth-order valence-electron chi connectivity index (χ4n) is 2.62. The van der Waals surface area contributed by atoms with Gasteiger partial charge in [-0.2, -0.15) is 13.2 Å². The van der Waals surface area contributed by atoms with Crippen molar-refractivity contribution < 1.29 is 18.3 Å². The number of alkyl halides is 3. The summed E-state index contributed by atoms with van der Waals surface area (Å²) in [4.78, 5) is 3.53. The van der Waals surface area contributed by atoms with Crippen molar-refractivity contribution in [1.82, 2.24) is 4.98 Å². The molecule has 0 unspecified atom stereocenters. The first-order chi connectivity index (χ1) is 13.4. The summed E-state index contributed by atoms with van der Waals surface area (Å²) in [6, 6.07) is 5.69. The fraction of sp³-hybridized carbons (Fsp3) is 0.0556. The molecule has 1 heterocycles. The predicted octanol–water partition coefficient (Wildman–Crippen LogP) is 9.06. The Kier molecular flexibility index (Phi) is 6.40. The zero-order valence-corrected chi connectivity index (χ0v) is 18.2. The summed E-state index contributed by atoms with van der Waals surface area (Å²) >= 11 is 36.2. The molecule has 2 aromatic carbocycles. The number of benzene rings is 2. The van der Waals surface area contributed by atoms with Gasteiger partial charge in [0.15, 0.2) is 0 Å². The summed E-state index contributed by atoms with van der Waals surface area (Å²) in [5.41, 5.74) is -2.35. The van der Waals surface area contributed by atoms with Crippen molar-refractivity contribution in [2.45, 2.75) is 6.18 Å². The molecule has 11 heteroatoms. The highest BCUT2D eigenvalue weighted by Crippen LogP contribution is 2.48. The summed E-state index contributed by atoms with van der Waals surface area (Å²) < 4.78 is 40.6. The maximum atomic E-state index is 13.5. The van der Waals surface area contributed by atoms with Gasteiger partial charge in [-0.15, -0.1) is 0 Å². The highest BCUT2D eigenvalue weighted by molar-refractivity contribution is 6.43. The van der Waals surface area contributed by atoms with Gasteiger partial charge in [-0.05, 0) is 30.3 Å². The van der Waals surface area contributed by atoms with E-state index >= 15 is 0 Å². The van der Waals surface area contributed by atoms with Crippen molar-refractivity contribution in [1.29, 1.82) is 0 Å². The first kappa shape index (κ1) is 22.6. The van der Waals surface area contributed by atoms with Crippen molar-refractivity contribution >= 4 is 69.6 Å². The summed E-state index contributed by atoms with van der Waals surface area (Å²) in [7, 11) is 0. The smallest absolute Gasteiger partial charge is 0.433 e. The second kappa shape index (κ2) is 8.22. The number of aromatic hydroxyl groups is 1. The van der Waals surface area contributed by atoms with E-state index in [-0.39, 0.29) is 46.8 Å². The summed E-state index contributed by atoms with van der Waals surface area (Å²) in [5.74, 6) is -0.657. The molecule has 3 rings (SSSR count). The SMILES string of the molecule is Oc1c(-c2c(Cl)cc(Cl)cc2Cl)cc(C(F)(F)F)nc1-c1c(Cl)cc(Cl)cc1Cl. The van der Waals surface area contributed by atoms with Crippen LogP contribution in [0.2, 0.25) is 30.1 Å². The average molecular weight is 522 g/mol. The van der Waals surface area contributed by atoms with Gasteiger partial charge in [-0.3, -0.25) is 0 Å². The van der Waals surface area contributed by atoms with Gasteiger partial charge < -0.3 is 5.11 Å². The Morgan fingerprint density at radius 1 is 0.690 bits per heavy atom. The predicted molar refractivity (Wildman–Crippen MR) is 112 cm³/mol.